The average molecular weight is 296 g/mol. The third-order valence-electron chi connectivity index (χ3n) is 5.85. The summed E-state index contributed by atoms with van der Waals surface area (Å²) in [6, 6.07) is 8.96. The van der Waals surface area contributed by atoms with E-state index in [1.54, 1.807) is 11.1 Å². The Morgan fingerprint density at radius 2 is 1.55 bits per heavy atom. The van der Waals surface area contributed by atoms with Crippen molar-refractivity contribution in [3.05, 3.63) is 47.5 Å². The second kappa shape index (κ2) is 6.55. The molecule has 2 atom stereocenters. The number of rotatable bonds is 4. The summed E-state index contributed by atoms with van der Waals surface area (Å²) in [7, 11) is 0. The highest BCUT2D eigenvalue weighted by Gasteiger charge is 2.32. The molecule has 1 aromatic rings. The largest absolute Gasteiger partial charge is 0.303 e. The molecule has 2 nitrogen and oxygen atoms in total. The number of nitrogens with zero attached hydrogens (tertiary/aromatic N) is 2. The van der Waals surface area contributed by atoms with Crippen molar-refractivity contribution in [2.24, 2.45) is 11.8 Å². The van der Waals surface area contributed by atoms with Crippen molar-refractivity contribution in [2.75, 3.05) is 32.7 Å². The molecule has 22 heavy (non-hydrogen) atoms. The van der Waals surface area contributed by atoms with E-state index in [9.17, 15) is 0 Å². The van der Waals surface area contributed by atoms with Crippen molar-refractivity contribution >= 4 is 0 Å². The highest BCUT2D eigenvalue weighted by molar-refractivity contribution is 5.28. The predicted molar refractivity (Wildman–Crippen MR) is 91.8 cm³/mol. The summed E-state index contributed by atoms with van der Waals surface area (Å²) in [5, 5.41) is 0. The molecular formula is C20H28N2. The minimum Gasteiger partial charge on any atom is -0.303 e. The van der Waals surface area contributed by atoms with Crippen molar-refractivity contribution in [1.82, 2.24) is 9.80 Å². The second-order valence-corrected chi connectivity index (χ2v) is 7.37. The van der Waals surface area contributed by atoms with Gasteiger partial charge in [0.15, 0.2) is 0 Å². The third kappa shape index (κ3) is 3.13. The maximum Gasteiger partial charge on any atom is 0.0236 e. The molecule has 0 N–H and O–H groups in total. The van der Waals surface area contributed by atoms with E-state index in [4.69, 9.17) is 0 Å². The van der Waals surface area contributed by atoms with Gasteiger partial charge in [-0.2, -0.15) is 0 Å². The molecule has 0 spiro atoms. The quantitative estimate of drug-likeness (QED) is 0.786. The van der Waals surface area contributed by atoms with Gasteiger partial charge in [0.05, 0.1) is 0 Å². The van der Waals surface area contributed by atoms with E-state index in [0.29, 0.717) is 0 Å². The van der Waals surface area contributed by atoms with E-state index in [1.807, 2.05) is 0 Å². The summed E-state index contributed by atoms with van der Waals surface area (Å²) in [5.74, 6) is 1.90. The Morgan fingerprint density at radius 1 is 0.864 bits per heavy atom. The van der Waals surface area contributed by atoms with E-state index in [-0.39, 0.29) is 0 Å². The van der Waals surface area contributed by atoms with Gasteiger partial charge in [0, 0.05) is 26.2 Å². The summed E-state index contributed by atoms with van der Waals surface area (Å²) in [4.78, 5) is 5.37. The number of allylic oxidation sites excluding steroid dienone is 2. The fraction of sp³-hybridized carbons (Fsp3) is 0.600. The molecule has 1 saturated heterocycles. The van der Waals surface area contributed by atoms with Gasteiger partial charge in [0.25, 0.3) is 0 Å². The molecule has 1 aliphatic carbocycles. The summed E-state index contributed by atoms with van der Waals surface area (Å²) >= 11 is 0. The van der Waals surface area contributed by atoms with Gasteiger partial charge in [-0.05, 0) is 61.7 Å². The highest BCUT2D eigenvalue weighted by Crippen LogP contribution is 2.32. The molecule has 0 amide bonds. The normalized spacial score (nSPS) is 28.5. The molecule has 0 saturated carbocycles. The molecule has 2 heterocycles. The van der Waals surface area contributed by atoms with Crippen molar-refractivity contribution in [1.29, 1.82) is 0 Å². The van der Waals surface area contributed by atoms with Crippen LogP contribution in [0.3, 0.4) is 0 Å². The molecule has 2 heteroatoms. The second-order valence-electron chi connectivity index (χ2n) is 7.37. The summed E-state index contributed by atoms with van der Waals surface area (Å²) in [5.41, 5.74) is 3.11. The first-order valence-corrected chi connectivity index (χ1v) is 9.05. The van der Waals surface area contributed by atoms with Crippen molar-refractivity contribution < 1.29 is 0 Å². The van der Waals surface area contributed by atoms with Gasteiger partial charge in [-0.25, -0.2) is 0 Å². The summed E-state index contributed by atoms with van der Waals surface area (Å²) in [6.45, 7) is 7.65. The van der Waals surface area contributed by atoms with Crippen LogP contribution in [0, 0.1) is 11.8 Å². The van der Waals surface area contributed by atoms with E-state index in [2.05, 4.69) is 46.2 Å². The third-order valence-corrected chi connectivity index (χ3v) is 5.85. The minimum atomic E-state index is 0.951. The van der Waals surface area contributed by atoms with E-state index < -0.39 is 0 Å². The number of benzene rings is 1. The van der Waals surface area contributed by atoms with Gasteiger partial charge < -0.3 is 4.90 Å². The van der Waals surface area contributed by atoms with E-state index >= 15 is 0 Å². The number of hydrogen-bond acceptors (Lipinski definition) is 2. The molecule has 1 aromatic carbocycles. The molecule has 0 bridgehead atoms. The number of fused-ring (bicyclic) bond motifs is 2. The van der Waals surface area contributed by atoms with Gasteiger partial charge in [0.1, 0.15) is 0 Å². The average Bonchev–Trinajstić information content (AvgIpc) is 2.97. The maximum absolute atomic E-state index is 2.72. The Kier molecular flexibility index (Phi) is 4.31. The topological polar surface area (TPSA) is 6.48 Å². The molecule has 2 aliphatic heterocycles. The van der Waals surface area contributed by atoms with Crippen molar-refractivity contribution in [2.45, 2.75) is 32.2 Å². The molecule has 4 rings (SSSR count). The first-order valence-electron chi connectivity index (χ1n) is 9.05. The molecule has 118 valence electrons. The van der Waals surface area contributed by atoms with Gasteiger partial charge in [-0.1, -0.05) is 36.4 Å². The van der Waals surface area contributed by atoms with Gasteiger partial charge in [-0.3, -0.25) is 4.90 Å². The predicted octanol–water partition coefficient (Wildman–Crippen LogP) is 3.33. The van der Waals surface area contributed by atoms with E-state index in [0.717, 1.165) is 18.4 Å². The van der Waals surface area contributed by atoms with Crippen LogP contribution in [0.15, 0.2) is 36.4 Å². The number of hydrogen-bond donors (Lipinski definition) is 0. The Labute approximate surface area is 134 Å². The highest BCUT2D eigenvalue weighted by atomic mass is 15.2. The standard InChI is InChI=1S/C20H28N2/c1-2-7-18-14-21(13-10-17(18)6-1)11-5-12-22-15-19-8-3-4-9-20(19)16-22/h1-4,6-7,19-20H,5,8-16H2. The number of likely N-dealkylation sites (tertiary alicyclic amines) is 1. The molecular weight excluding hydrogens is 268 g/mol. The zero-order valence-electron chi connectivity index (χ0n) is 13.6. The van der Waals surface area contributed by atoms with Gasteiger partial charge in [0.2, 0.25) is 0 Å². The Morgan fingerprint density at radius 3 is 2.32 bits per heavy atom. The Hall–Kier alpha value is -1.12. The van der Waals surface area contributed by atoms with Crippen LogP contribution in [0.25, 0.3) is 0 Å². The van der Waals surface area contributed by atoms with Crippen molar-refractivity contribution in [3.8, 4) is 0 Å². The lowest BCUT2D eigenvalue weighted by Gasteiger charge is -2.29. The molecule has 0 aromatic heterocycles. The van der Waals surface area contributed by atoms with Crippen LogP contribution < -0.4 is 0 Å². The Bertz CT molecular complexity index is 520. The first kappa shape index (κ1) is 14.5. The van der Waals surface area contributed by atoms with Crippen LogP contribution in [-0.2, 0) is 13.0 Å². The smallest absolute Gasteiger partial charge is 0.0236 e. The minimum absolute atomic E-state index is 0.951. The van der Waals surface area contributed by atoms with Crippen molar-refractivity contribution in [3.63, 3.8) is 0 Å². The molecule has 3 aliphatic rings. The van der Waals surface area contributed by atoms with Crippen LogP contribution in [0.5, 0.6) is 0 Å². The fourth-order valence-electron chi connectivity index (χ4n) is 4.56. The van der Waals surface area contributed by atoms with Gasteiger partial charge >= 0.3 is 0 Å². The summed E-state index contributed by atoms with van der Waals surface area (Å²) < 4.78 is 0. The lowest BCUT2D eigenvalue weighted by atomic mass is 9.86. The van der Waals surface area contributed by atoms with E-state index in [1.165, 1.54) is 58.4 Å². The molecule has 2 unspecified atom stereocenters. The Balaban J connectivity index is 1.22. The lowest BCUT2D eigenvalue weighted by Crippen LogP contribution is -2.33. The first-order chi connectivity index (χ1) is 10.9. The monoisotopic (exact) mass is 296 g/mol. The SMILES string of the molecule is C1=CCC2CN(CCCN3CCc4ccccc4C3)CC2C1. The van der Waals surface area contributed by atoms with Crippen LogP contribution in [0.2, 0.25) is 0 Å². The van der Waals surface area contributed by atoms with Crippen LogP contribution in [0.4, 0.5) is 0 Å². The fourth-order valence-corrected chi connectivity index (χ4v) is 4.56. The molecule has 0 radical (unpaired) electrons. The summed E-state index contributed by atoms with van der Waals surface area (Å²) in [6.07, 6.45) is 10.0. The zero-order valence-corrected chi connectivity index (χ0v) is 13.6. The maximum atomic E-state index is 2.72. The zero-order chi connectivity index (χ0) is 14.8. The van der Waals surface area contributed by atoms with Crippen LogP contribution in [0.1, 0.15) is 30.4 Å². The lowest BCUT2D eigenvalue weighted by molar-refractivity contribution is 0.227. The van der Waals surface area contributed by atoms with Gasteiger partial charge in [-0.15, -0.1) is 0 Å². The van der Waals surface area contributed by atoms with Crippen LogP contribution in [-0.4, -0.2) is 42.5 Å². The molecule has 1 fully saturated rings. The van der Waals surface area contributed by atoms with Crippen LogP contribution >= 0.6 is 0 Å².